The van der Waals surface area contributed by atoms with Gasteiger partial charge in [-0.25, -0.2) is 0 Å². The van der Waals surface area contributed by atoms with Crippen LogP contribution in [-0.2, 0) is 11.2 Å². The third kappa shape index (κ3) is 6.21. The minimum absolute atomic E-state index is 0.223. The first-order valence-corrected chi connectivity index (χ1v) is 11.1. The normalized spacial score (nSPS) is 12.3. The molecule has 0 fully saturated rings. The summed E-state index contributed by atoms with van der Waals surface area (Å²) in [6.45, 7) is 8.19. The van der Waals surface area contributed by atoms with Gasteiger partial charge < -0.3 is 10.2 Å². The fourth-order valence-electron chi connectivity index (χ4n) is 3.42. The lowest BCUT2D eigenvalue weighted by Gasteiger charge is -2.33. The van der Waals surface area contributed by atoms with Crippen molar-refractivity contribution in [2.24, 2.45) is 0 Å². The number of amides is 2. The molecule has 3 aromatic rings. The van der Waals surface area contributed by atoms with Crippen molar-refractivity contribution in [3.63, 3.8) is 0 Å². The number of nitrogens with zero attached hydrogens (tertiary/aromatic N) is 3. The van der Waals surface area contributed by atoms with Crippen LogP contribution in [0.1, 0.15) is 54.0 Å². The van der Waals surface area contributed by atoms with Crippen molar-refractivity contribution in [2.75, 3.05) is 6.54 Å². The van der Waals surface area contributed by atoms with Gasteiger partial charge in [-0.05, 0) is 56.8 Å². The Kier molecular flexibility index (Phi) is 7.17. The van der Waals surface area contributed by atoms with Crippen LogP contribution in [0, 0.1) is 6.92 Å². The van der Waals surface area contributed by atoms with Gasteiger partial charge in [0.15, 0.2) is 5.69 Å². The van der Waals surface area contributed by atoms with Crippen molar-refractivity contribution in [3.05, 3.63) is 82.4 Å². The summed E-state index contributed by atoms with van der Waals surface area (Å²) >= 11 is 1.12. The highest BCUT2D eigenvalue weighted by atomic mass is 32.1. The van der Waals surface area contributed by atoms with Crippen LogP contribution in [0.2, 0.25) is 0 Å². The van der Waals surface area contributed by atoms with Crippen molar-refractivity contribution < 1.29 is 9.59 Å². The molecule has 1 aromatic heterocycles. The molecule has 1 unspecified atom stereocenters. The maximum Gasteiger partial charge on any atom is 0.276 e. The highest BCUT2D eigenvalue weighted by Gasteiger charge is 2.34. The molecule has 1 N–H and O–H groups in total. The van der Waals surface area contributed by atoms with Crippen LogP contribution >= 0.6 is 11.5 Å². The second-order valence-corrected chi connectivity index (χ2v) is 9.19. The van der Waals surface area contributed by atoms with E-state index >= 15 is 0 Å². The van der Waals surface area contributed by atoms with E-state index in [0.717, 1.165) is 28.2 Å². The molecule has 3 rings (SSSR count). The van der Waals surface area contributed by atoms with Crippen molar-refractivity contribution >= 4 is 23.3 Å². The first-order valence-electron chi connectivity index (χ1n) is 10.2. The SMILES string of the molecule is Cc1cccc(CCN(C(=O)c2csnn2)C(C(=O)NC(C)(C)C)c2ccccc2)c1. The molecule has 0 saturated heterocycles. The molecule has 6 nitrogen and oxygen atoms in total. The van der Waals surface area contributed by atoms with Gasteiger partial charge in [-0.15, -0.1) is 5.10 Å². The van der Waals surface area contributed by atoms with Crippen LogP contribution in [0.4, 0.5) is 0 Å². The lowest BCUT2D eigenvalue weighted by atomic mass is 10.0. The summed E-state index contributed by atoms with van der Waals surface area (Å²) < 4.78 is 3.84. The molecule has 0 saturated carbocycles. The predicted molar refractivity (Wildman–Crippen MR) is 123 cm³/mol. The first kappa shape index (κ1) is 22.6. The average molecular weight is 437 g/mol. The number of carbonyl (C=O) groups excluding carboxylic acids is 2. The zero-order chi connectivity index (χ0) is 22.4. The second kappa shape index (κ2) is 9.83. The van der Waals surface area contributed by atoms with Gasteiger partial charge in [-0.3, -0.25) is 9.59 Å². The van der Waals surface area contributed by atoms with Crippen molar-refractivity contribution in [2.45, 2.75) is 45.7 Å². The number of hydrogen-bond acceptors (Lipinski definition) is 5. The maximum absolute atomic E-state index is 13.4. The second-order valence-electron chi connectivity index (χ2n) is 8.58. The molecular weight excluding hydrogens is 408 g/mol. The van der Waals surface area contributed by atoms with Crippen LogP contribution in [0.25, 0.3) is 0 Å². The Balaban J connectivity index is 1.99. The molecule has 2 amide bonds. The molecule has 162 valence electrons. The summed E-state index contributed by atoms with van der Waals surface area (Å²) in [6.07, 6.45) is 0.622. The Hall–Kier alpha value is -3.06. The Morgan fingerprint density at radius 2 is 1.84 bits per heavy atom. The van der Waals surface area contributed by atoms with E-state index in [1.165, 1.54) is 0 Å². The van der Waals surface area contributed by atoms with E-state index in [1.807, 2.05) is 76.2 Å². The quantitative estimate of drug-likeness (QED) is 0.603. The van der Waals surface area contributed by atoms with Crippen LogP contribution in [-0.4, -0.2) is 38.4 Å². The topological polar surface area (TPSA) is 75.2 Å². The van der Waals surface area contributed by atoms with E-state index < -0.39 is 11.6 Å². The van der Waals surface area contributed by atoms with Gasteiger partial charge in [0.05, 0.1) is 0 Å². The van der Waals surface area contributed by atoms with Crippen molar-refractivity contribution in [1.82, 2.24) is 19.8 Å². The van der Waals surface area contributed by atoms with Crippen molar-refractivity contribution in [1.29, 1.82) is 0 Å². The van der Waals surface area contributed by atoms with Gasteiger partial charge in [0.2, 0.25) is 5.91 Å². The third-order valence-electron chi connectivity index (χ3n) is 4.74. The van der Waals surface area contributed by atoms with E-state index in [2.05, 4.69) is 21.0 Å². The lowest BCUT2D eigenvalue weighted by molar-refractivity contribution is -0.127. The third-order valence-corrected chi connectivity index (χ3v) is 5.24. The monoisotopic (exact) mass is 436 g/mol. The zero-order valence-electron chi connectivity index (χ0n) is 18.3. The Morgan fingerprint density at radius 3 is 2.45 bits per heavy atom. The number of hydrogen-bond donors (Lipinski definition) is 1. The predicted octanol–water partition coefficient (Wildman–Crippen LogP) is 4.19. The summed E-state index contributed by atoms with van der Waals surface area (Å²) in [4.78, 5) is 28.4. The van der Waals surface area contributed by atoms with Crippen LogP contribution in [0.3, 0.4) is 0 Å². The van der Waals surface area contributed by atoms with Gasteiger partial charge in [0, 0.05) is 17.5 Å². The first-order chi connectivity index (χ1) is 14.7. The number of rotatable bonds is 7. The standard InChI is InChI=1S/C24H28N4O2S/c1-17-9-8-10-18(15-17)13-14-28(23(30)20-16-31-27-26-20)21(19-11-6-5-7-12-19)22(29)25-24(2,3)4/h5-12,15-16,21H,13-14H2,1-4H3,(H,25,29). The van der Waals surface area contributed by atoms with E-state index in [1.54, 1.807) is 10.3 Å². The van der Waals surface area contributed by atoms with Gasteiger partial charge in [-0.2, -0.15) is 0 Å². The molecule has 0 aliphatic carbocycles. The number of aryl methyl sites for hydroxylation is 1. The Labute approximate surface area is 187 Å². The largest absolute Gasteiger partial charge is 0.349 e. The molecule has 1 heterocycles. The fourth-order valence-corrected chi connectivity index (χ4v) is 3.85. The summed E-state index contributed by atoms with van der Waals surface area (Å²) in [5.74, 6) is -0.529. The number of benzene rings is 2. The molecule has 0 bridgehead atoms. The lowest BCUT2D eigenvalue weighted by Crippen LogP contribution is -2.49. The Bertz CT molecular complexity index is 1010. The average Bonchev–Trinajstić information content (AvgIpc) is 3.25. The van der Waals surface area contributed by atoms with Crippen molar-refractivity contribution in [3.8, 4) is 0 Å². The molecule has 0 aliphatic rings. The highest BCUT2D eigenvalue weighted by Crippen LogP contribution is 2.25. The van der Waals surface area contributed by atoms with Gasteiger partial charge in [-0.1, -0.05) is 64.6 Å². The summed E-state index contributed by atoms with van der Waals surface area (Å²) in [7, 11) is 0. The fraction of sp³-hybridized carbons (Fsp3) is 0.333. The van der Waals surface area contributed by atoms with E-state index in [4.69, 9.17) is 0 Å². The van der Waals surface area contributed by atoms with Gasteiger partial charge in [0.1, 0.15) is 6.04 Å². The minimum atomic E-state index is -0.778. The maximum atomic E-state index is 13.4. The number of carbonyl (C=O) groups is 2. The zero-order valence-corrected chi connectivity index (χ0v) is 19.1. The molecular formula is C24H28N4O2S. The molecule has 0 spiro atoms. The smallest absolute Gasteiger partial charge is 0.276 e. The molecule has 0 aliphatic heterocycles. The van der Waals surface area contributed by atoms with Crippen LogP contribution < -0.4 is 5.32 Å². The number of nitrogens with one attached hydrogen (secondary N) is 1. The van der Waals surface area contributed by atoms with Crippen LogP contribution in [0.15, 0.2) is 60.0 Å². The molecule has 0 radical (unpaired) electrons. The molecule has 31 heavy (non-hydrogen) atoms. The summed E-state index contributed by atoms with van der Waals surface area (Å²) in [5, 5.41) is 8.62. The minimum Gasteiger partial charge on any atom is -0.349 e. The molecule has 1 atom stereocenters. The molecule has 2 aromatic carbocycles. The molecule has 7 heteroatoms. The van der Waals surface area contributed by atoms with E-state index in [9.17, 15) is 9.59 Å². The Morgan fingerprint density at radius 1 is 1.10 bits per heavy atom. The summed E-state index contributed by atoms with van der Waals surface area (Å²) in [6, 6.07) is 16.8. The van der Waals surface area contributed by atoms with Gasteiger partial charge >= 0.3 is 0 Å². The van der Waals surface area contributed by atoms with E-state index in [-0.39, 0.29) is 17.5 Å². The highest BCUT2D eigenvalue weighted by molar-refractivity contribution is 7.03. The number of aromatic nitrogens is 2. The van der Waals surface area contributed by atoms with Crippen LogP contribution in [0.5, 0.6) is 0 Å². The van der Waals surface area contributed by atoms with Gasteiger partial charge in [0.25, 0.3) is 5.91 Å². The summed E-state index contributed by atoms with van der Waals surface area (Å²) in [5.41, 5.74) is 2.84. The van der Waals surface area contributed by atoms with E-state index in [0.29, 0.717) is 13.0 Å².